The van der Waals surface area contributed by atoms with Gasteiger partial charge in [0.15, 0.2) is 0 Å². The smallest absolute Gasteiger partial charge is 0.338 e. The molecular weight excluding hydrogens is 210 g/mol. The van der Waals surface area contributed by atoms with Gasteiger partial charge < -0.3 is 19.6 Å². The number of nitrogens with one attached hydrogen (secondary N) is 1. The van der Waals surface area contributed by atoms with E-state index in [4.69, 9.17) is 14.3 Å². The zero-order chi connectivity index (χ0) is 11.4. The number of hydrogen-bond donors (Lipinski definition) is 2. The fourth-order valence-electron chi connectivity index (χ4n) is 1.73. The second-order valence-corrected chi connectivity index (χ2v) is 3.87. The summed E-state index contributed by atoms with van der Waals surface area (Å²) in [6, 6.07) is 1.99. The Balaban J connectivity index is 1.81. The molecule has 1 aromatic heterocycles. The van der Waals surface area contributed by atoms with Gasteiger partial charge in [-0.1, -0.05) is 0 Å². The van der Waals surface area contributed by atoms with Crippen LogP contribution in [0.15, 0.2) is 16.7 Å². The van der Waals surface area contributed by atoms with E-state index in [9.17, 15) is 4.79 Å². The SMILES string of the molecule is O=C(O)c1coc(CNC2CCOCC2)c1. The molecule has 1 aliphatic rings. The lowest BCUT2D eigenvalue weighted by Gasteiger charge is -2.22. The molecule has 0 aliphatic carbocycles. The summed E-state index contributed by atoms with van der Waals surface area (Å²) in [5.74, 6) is -0.301. The summed E-state index contributed by atoms with van der Waals surface area (Å²) in [4.78, 5) is 10.6. The Hall–Kier alpha value is -1.33. The van der Waals surface area contributed by atoms with Crippen LogP contribution in [0.2, 0.25) is 0 Å². The van der Waals surface area contributed by atoms with Crippen molar-refractivity contribution < 1.29 is 19.1 Å². The maximum absolute atomic E-state index is 10.6. The summed E-state index contributed by atoms with van der Waals surface area (Å²) in [5, 5.41) is 12.0. The Morgan fingerprint density at radius 2 is 2.25 bits per heavy atom. The summed E-state index contributed by atoms with van der Waals surface area (Å²) in [6.07, 6.45) is 3.25. The zero-order valence-corrected chi connectivity index (χ0v) is 8.94. The first-order chi connectivity index (χ1) is 7.75. The molecule has 0 spiro atoms. The highest BCUT2D eigenvalue weighted by Crippen LogP contribution is 2.10. The van der Waals surface area contributed by atoms with Crippen molar-refractivity contribution in [1.29, 1.82) is 0 Å². The van der Waals surface area contributed by atoms with Gasteiger partial charge in [-0.2, -0.15) is 0 Å². The van der Waals surface area contributed by atoms with Crippen LogP contribution < -0.4 is 5.32 Å². The van der Waals surface area contributed by atoms with Crippen LogP contribution >= 0.6 is 0 Å². The molecule has 1 aromatic rings. The van der Waals surface area contributed by atoms with Crippen molar-refractivity contribution in [1.82, 2.24) is 5.32 Å². The fraction of sp³-hybridized carbons (Fsp3) is 0.545. The van der Waals surface area contributed by atoms with E-state index < -0.39 is 5.97 Å². The van der Waals surface area contributed by atoms with Crippen molar-refractivity contribution in [3.8, 4) is 0 Å². The third kappa shape index (κ3) is 2.84. The molecule has 1 saturated heterocycles. The lowest BCUT2D eigenvalue weighted by Crippen LogP contribution is -2.34. The molecule has 2 heterocycles. The maximum atomic E-state index is 10.6. The average molecular weight is 225 g/mol. The average Bonchev–Trinajstić information content (AvgIpc) is 2.76. The van der Waals surface area contributed by atoms with Crippen molar-refractivity contribution in [3.63, 3.8) is 0 Å². The molecule has 88 valence electrons. The molecule has 1 fully saturated rings. The van der Waals surface area contributed by atoms with E-state index in [1.54, 1.807) is 6.07 Å². The number of furan rings is 1. The molecular formula is C11H15NO4. The van der Waals surface area contributed by atoms with Gasteiger partial charge in [0.1, 0.15) is 12.0 Å². The Morgan fingerprint density at radius 1 is 1.50 bits per heavy atom. The van der Waals surface area contributed by atoms with Crippen LogP contribution in [-0.2, 0) is 11.3 Å². The van der Waals surface area contributed by atoms with Gasteiger partial charge in [0.2, 0.25) is 0 Å². The second kappa shape index (κ2) is 5.14. The van der Waals surface area contributed by atoms with E-state index in [-0.39, 0.29) is 5.56 Å². The first kappa shape index (κ1) is 11.2. The third-order valence-electron chi connectivity index (χ3n) is 2.69. The number of hydrogen-bond acceptors (Lipinski definition) is 4. The van der Waals surface area contributed by atoms with Gasteiger partial charge >= 0.3 is 5.97 Å². The van der Waals surface area contributed by atoms with E-state index in [1.807, 2.05) is 0 Å². The molecule has 0 amide bonds. The quantitative estimate of drug-likeness (QED) is 0.806. The summed E-state index contributed by atoms with van der Waals surface area (Å²) < 4.78 is 10.4. The summed E-state index contributed by atoms with van der Waals surface area (Å²) >= 11 is 0. The van der Waals surface area contributed by atoms with Gasteiger partial charge in [-0.3, -0.25) is 0 Å². The van der Waals surface area contributed by atoms with E-state index in [0.29, 0.717) is 18.3 Å². The lowest BCUT2D eigenvalue weighted by molar-refractivity contribution is 0.0696. The largest absolute Gasteiger partial charge is 0.478 e. The van der Waals surface area contributed by atoms with Gasteiger partial charge in [0.05, 0.1) is 12.1 Å². The number of carboxylic acids is 1. The molecule has 5 heteroatoms. The van der Waals surface area contributed by atoms with Crippen LogP contribution in [0.1, 0.15) is 29.0 Å². The van der Waals surface area contributed by atoms with Crippen molar-refractivity contribution in [2.24, 2.45) is 0 Å². The van der Waals surface area contributed by atoms with Gasteiger partial charge in [0.25, 0.3) is 0 Å². The van der Waals surface area contributed by atoms with Gasteiger partial charge in [-0.25, -0.2) is 4.79 Å². The summed E-state index contributed by atoms with van der Waals surface area (Å²) in [6.45, 7) is 2.14. The van der Waals surface area contributed by atoms with Crippen LogP contribution in [0.5, 0.6) is 0 Å². The number of carboxylic acid groups (broad SMARTS) is 1. The highest BCUT2D eigenvalue weighted by molar-refractivity contribution is 5.87. The van der Waals surface area contributed by atoms with Crippen LogP contribution in [0.4, 0.5) is 0 Å². The van der Waals surface area contributed by atoms with Crippen LogP contribution in [0.3, 0.4) is 0 Å². The molecule has 0 saturated carbocycles. The lowest BCUT2D eigenvalue weighted by atomic mass is 10.1. The van der Waals surface area contributed by atoms with Gasteiger partial charge in [-0.15, -0.1) is 0 Å². The molecule has 5 nitrogen and oxygen atoms in total. The maximum Gasteiger partial charge on any atom is 0.338 e. The van der Waals surface area contributed by atoms with E-state index in [1.165, 1.54) is 6.26 Å². The number of aromatic carboxylic acids is 1. The van der Waals surface area contributed by atoms with E-state index in [2.05, 4.69) is 5.32 Å². The Morgan fingerprint density at radius 3 is 2.88 bits per heavy atom. The van der Waals surface area contributed by atoms with Crippen LogP contribution in [0.25, 0.3) is 0 Å². The Kier molecular flexibility index (Phi) is 3.58. The van der Waals surface area contributed by atoms with Crippen molar-refractivity contribution in [2.45, 2.75) is 25.4 Å². The minimum atomic E-state index is -0.957. The number of rotatable bonds is 4. The highest BCUT2D eigenvalue weighted by Gasteiger charge is 2.14. The Bertz CT molecular complexity index is 355. The molecule has 1 aliphatic heterocycles. The molecule has 2 N–H and O–H groups in total. The molecule has 16 heavy (non-hydrogen) atoms. The second-order valence-electron chi connectivity index (χ2n) is 3.87. The van der Waals surface area contributed by atoms with Crippen molar-refractivity contribution in [3.05, 3.63) is 23.7 Å². The standard InChI is InChI=1S/C11H15NO4/c13-11(14)8-5-10(16-7-8)6-12-9-1-3-15-4-2-9/h5,7,9,12H,1-4,6H2,(H,13,14). The van der Waals surface area contributed by atoms with Crippen molar-refractivity contribution >= 4 is 5.97 Å². The number of ether oxygens (including phenoxy) is 1. The molecule has 0 atom stereocenters. The Labute approximate surface area is 93.4 Å². The highest BCUT2D eigenvalue weighted by atomic mass is 16.5. The van der Waals surface area contributed by atoms with Crippen LogP contribution in [0, 0.1) is 0 Å². The van der Waals surface area contributed by atoms with Crippen molar-refractivity contribution in [2.75, 3.05) is 13.2 Å². The first-order valence-electron chi connectivity index (χ1n) is 5.37. The van der Waals surface area contributed by atoms with Gasteiger partial charge in [-0.05, 0) is 18.9 Å². The predicted octanol–water partition coefficient (Wildman–Crippen LogP) is 1.25. The van der Waals surface area contributed by atoms with Gasteiger partial charge in [0, 0.05) is 19.3 Å². The predicted molar refractivity (Wildman–Crippen MR) is 56.3 cm³/mol. The number of carbonyl (C=O) groups is 1. The van der Waals surface area contributed by atoms with E-state index >= 15 is 0 Å². The molecule has 0 radical (unpaired) electrons. The monoisotopic (exact) mass is 225 g/mol. The molecule has 0 aromatic carbocycles. The minimum Gasteiger partial charge on any atom is -0.478 e. The summed E-state index contributed by atoms with van der Waals surface area (Å²) in [7, 11) is 0. The third-order valence-corrected chi connectivity index (χ3v) is 2.69. The molecule has 2 rings (SSSR count). The first-order valence-corrected chi connectivity index (χ1v) is 5.37. The fourth-order valence-corrected chi connectivity index (χ4v) is 1.73. The molecule has 0 bridgehead atoms. The summed E-state index contributed by atoms with van der Waals surface area (Å²) in [5.41, 5.74) is 0.198. The minimum absolute atomic E-state index is 0.198. The topological polar surface area (TPSA) is 71.7 Å². The normalized spacial score (nSPS) is 17.5. The van der Waals surface area contributed by atoms with E-state index in [0.717, 1.165) is 26.1 Å². The van der Waals surface area contributed by atoms with Crippen LogP contribution in [-0.4, -0.2) is 30.3 Å². The zero-order valence-electron chi connectivity index (χ0n) is 8.94. The molecule has 0 unspecified atom stereocenters.